The van der Waals surface area contributed by atoms with Gasteiger partial charge in [0.2, 0.25) is 0 Å². The van der Waals surface area contributed by atoms with Crippen LogP contribution in [-0.4, -0.2) is 9.55 Å². The quantitative estimate of drug-likeness (QED) is 0.937. The predicted molar refractivity (Wildman–Crippen MR) is 79.8 cm³/mol. The summed E-state index contributed by atoms with van der Waals surface area (Å²) in [6, 6.07) is 2.12. The zero-order valence-electron chi connectivity index (χ0n) is 11.7. The van der Waals surface area contributed by atoms with Crippen LogP contribution in [0.1, 0.15) is 39.3 Å². The Morgan fingerprint density at radius 1 is 1.42 bits per heavy atom. The fraction of sp³-hybridized carbons (Fsp3) is 0.429. The lowest BCUT2D eigenvalue weighted by molar-refractivity contribution is 0.383. The zero-order chi connectivity index (χ0) is 14.0. The Morgan fingerprint density at radius 3 is 2.74 bits per heavy atom. The van der Waals surface area contributed by atoms with E-state index in [-0.39, 0.29) is 17.1 Å². The number of aromatic nitrogens is 2. The first kappa shape index (κ1) is 13.8. The van der Waals surface area contributed by atoms with Gasteiger partial charge in [0.25, 0.3) is 5.56 Å². The van der Waals surface area contributed by atoms with E-state index in [0.29, 0.717) is 5.82 Å². The summed E-state index contributed by atoms with van der Waals surface area (Å²) in [5, 5.41) is 7.29. The highest BCUT2D eigenvalue weighted by atomic mass is 32.1. The summed E-state index contributed by atoms with van der Waals surface area (Å²) in [5.41, 5.74) is 0.830. The largest absolute Gasteiger partial charge is 0.359 e. The second-order valence-corrected chi connectivity index (χ2v) is 6.32. The van der Waals surface area contributed by atoms with Gasteiger partial charge in [-0.2, -0.15) is 11.3 Å². The van der Waals surface area contributed by atoms with Gasteiger partial charge in [0.05, 0.1) is 6.04 Å². The molecule has 0 bridgehead atoms. The molecule has 1 atom stereocenters. The second kappa shape index (κ2) is 5.17. The molecule has 0 fully saturated rings. The number of hydrogen-bond donors (Lipinski definition) is 1. The van der Waals surface area contributed by atoms with Gasteiger partial charge in [-0.15, -0.1) is 0 Å². The molecule has 1 N–H and O–H groups in total. The van der Waals surface area contributed by atoms with Crippen LogP contribution in [0.2, 0.25) is 0 Å². The van der Waals surface area contributed by atoms with Gasteiger partial charge in [0.15, 0.2) is 5.82 Å². The summed E-state index contributed by atoms with van der Waals surface area (Å²) in [7, 11) is 0. The lowest BCUT2D eigenvalue weighted by Crippen LogP contribution is -2.35. The summed E-state index contributed by atoms with van der Waals surface area (Å²) in [5.74, 6) is 0.399. The van der Waals surface area contributed by atoms with Crippen LogP contribution in [0.15, 0.2) is 34.0 Å². The molecule has 0 saturated heterocycles. The van der Waals surface area contributed by atoms with E-state index in [1.54, 1.807) is 28.3 Å². The Balaban J connectivity index is 2.30. The minimum Gasteiger partial charge on any atom is -0.359 e. The lowest BCUT2D eigenvalue weighted by atomic mass is 10.1. The van der Waals surface area contributed by atoms with E-state index >= 15 is 0 Å². The van der Waals surface area contributed by atoms with Crippen LogP contribution in [0.25, 0.3) is 0 Å². The van der Waals surface area contributed by atoms with Crippen LogP contribution in [0.4, 0.5) is 5.82 Å². The maximum atomic E-state index is 12.4. The standard InChI is InChI=1S/C14H19N3OS/c1-10(11-5-8-19-9-11)16-12-13(18)17(7-6-15-12)14(2,3)4/h5-10H,1-4H3,(H,15,16). The fourth-order valence-corrected chi connectivity index (χ4v) is 2.60. The van der Waals surface area contributed by atoms with E-state index in [0.717, 1.165) is 5.56 Å². The first-order valence-electron chi connectivity index (χ1n) is 6.26. The highest BCUT2D eigenvalue weighted by Crippen LogP contribution is 2.19. The van der Waals surface area contributed by atoms with Gasteiger partial charge in [0, 0.05) is 17.9 Å². The van der Waals surface area contributed by atoms with E-state index in [1.807, 2.05) is 39.1 Å². The van der Waals surface area contributed by atoms with Crippen LogP contribution in [0, 0.1) is 0 Å². The van der Waals surface area contributed by atoms with Crippen molar-refractivity contribution in [1.82, 2.24) is 9.55 Å². The molecule has 0 saturated carbocycles. The molecular weight excluding hydrogens is 258 g/mol. The topological polar surface area (TPSA) is 46.9 Å². The molecule has 2 heterocycles. The molecule has 0 radical (unpaired) electrons. The van der Waals surface area contributed by atoms with Gasteiger partial charge < -0.3 is 9.88 Å². The van der Waals surface area contributed by atoms with E-state index in [9.17, 15) is 4.79 Å². The number of thiophene rings is 1. The summed E-state index contributed by atoms with van der Waals surface area (Å²) >= 11 is 1.65. The minimum absolute atomic E-state index is 0.0715. The molecule has 2 aromatic heterocycles. The van der Waals surface area contributed by atoms with Gasteiger partial charge in [0.1, 0.15) is 0 Å². The van der Waals surface area contributed by atoms with Crippen molar-refractivity contribution >= 4 is 17.2 Å². The maximum absolute atomic E-state index is 12.4. The van der Waals surface area contributed by atoms with E-state index in [2.05, 4.69) is 15.7 Å². The molecule has 0 aliphatic carbocycles. The molecule has 0 amide bonds. The molecule has 5 heteroatoms. The number of rotatable bonds is 3. The van der Waals surface area contributed by atoms with Gasteiger partial charge in [-0.05, 0) is 50.1 Å². The highest BCUT2D eigenvalue weighted by molar-refractivity contribution is 7.07. The predicted octanol–water partition coefficient (Wildman–Crippen LogP) is 3.23. The Bertz CT molecular complexity index is 596. The Labute approximate surface area is 117 Å². The first-order chi connectivity index (χ1) is 8.89. The molecule has 0 spiro atoms. The van der Waals surface area contributed by atoms with Gasteiger partial charge in [-0.25, -0.2) is 4.98 Å². The van der Waals surface area contributed by atoms with Crippen molar-refractivity contribution in [2.75, 3.05) is 5.32 Å². The smallest absolute Gasteiger partial charge is 0.293 e. The third-order valence-electron chi connectivity index (χ3n) is 2.96. The van der Waals surface area contributed by atoms with Crippen molar-refractivity contribution in [2.45, 2.75) is 39.3 Å². The number of anilines is 1. The molecule has 19 heavy (non-hydrogen) atoms. The third kappa shape index (κ3) is 3.04. The average Bonchev–Trinajstić information content (AvgIpc) is 2.83. The monoisotopic (exact) mass is 277 g/mol. The maximum Gasteiger partial charge on any atom is 0.293 e. The lowest BCUT2D eigenvalue weighted by Gasteiger charge is -2.23. The minimum atomic E-state index is -0.248. The second-order valence-electron chi connectivity index (χ2n) is 5.54. The van der Waals surface area contributed by atoms with Crippen molar-refractivity contribution in [3.8, 4) is 0 Å². The first-order valence-corrected chi connectivity index (χ1v) is 7.20. The third-order valence-corrected chi connectivity index (χ3v) is 3.66. The molecule has 0 aliphatic heterocycles. The highest BCUT2D eigenvalue weighted by Gasteiger charge is 2.17. The van der Waals surface area contributed by atoms with Crippen LogP contribution >= 0.6 is 11.3 Å². The summed E-state index contributed by atoms with van der Waals surface area (Å²) in [6.07, 6.45) is 3.39. The van der Waals surface area contributed by atoms with Crippen molar-refractivity contribution < 1.29 is 0 Å². The van der Waals surface area contributed by atoms with Gasteiger partial charge in [-0.1, -0.05) is 0 Å². The normalized spacial score (nSPS) is 13.3. The van der Waals surface area contributed by atoms with Crippen molar-refractivity contribution in [2.24, 2.45) is 0 Å². The molecule has 0 aliphatic rings. The van der Waals surface area contributed by atoms with Crippen LogP contribution in [0.3, 0.4) is 0 Å². The van der Waals surface area contributed by atoms with Crippen molar-refractivity contribution in [3.05, 3.63) is 45.1 Å². The summed E-state index contributed by atoms with van der Waals surface area (Å²) in [6.45, 7) is 8.03. The molecule has 0 aromatic carbocycles. The molecule has 102 valence electrons. The zero-order valence-corrected chi connectivity index (χ0v) is 12.5. The van der Waals surface area contributed by atoms with Crippen molar-refractivity contribution in [1.29, 1.82) is 0 Å². The van der Waals surface area contributed by atoms with Crippen LogP contribution in [-0.2, 0) is 5.54 Å². The fourth-order valence-electron chi connectivity index (χ4n) is 1.85. The van der Waals surface area contributed by atoms with Crippen LogP contribution < -0.4 is 10.9 Å². The molecule has 4 nitrogen and oxygen atoms in total. The number of nitrogens with one attached hydrogen (secondary N) is 1. The Morgan fingerprint density at radius 2 is 2.16 bits per heavy atom. The Hall–Kier alpha value is -1.62. The average molecular weight is 277 g/mol. The number of nitrogens with zero attached hydrogens (tertiary/aromatic N) is 2. The summed E-state index contributed by atoms with van der Waals surface area (Å²) < 4.78 is 1.70. The van der Waals surface area contributed by atoms with Crippen LogP contribution in [0.5, 0.6) is 0 Å². The SMILES string of the molecule is CC(Nc1nccn(C(C)(C)C)c1=O)c1ccsc1. The van der Waals surface area contributed by atoms with E-state index < -0.39 is 0 Å². The van der Waals surface area contributed by atoms with Crippen molar-refractivity contribution in [3.63, 3.8) is 0 Å². The van der Waals surface area contributed by atoms with Gasteiger partial charge in [-0.3, -0.25) is 4.79 Å². The molecular formula is C14H19N3OS. The number of hydrogen-bond acceptors (Lipinski definition) is 4. The molecule has 2 rings (SSSR count). The molecule has 1 unspecified atom stereocenters. The van der Waals surface area contributed by atoms with E-state index in [1.165, 1.54) is 0 Å². The Kier molecular flexibility index (Phi) is 3.75. The van der Waals surface area contributed by atoms with E-state index in [4.69, 9.17) is 0 Å². The molecule has 2 aromatic rings. The summed E-state index contributed by atoms with van der Waals surface area (Å²) in [4.78, 5) is 16.5. The van der Waals surface area contributed by atoms with Gasteiger partial charge >= 0.3 is 0 Å².